The normalized spacial score (nSPS) is 10.9. The molecule has 0 saturated heterocycles. The van der Waals surface area contributed by atoms with Gasteiger partial charge in [0.15, 0.2) is 0 Å². The molecule has 2 aromatic rings. The van der Waals surface area contributed by atoms with Crippen LogP contribution < -0.4 is 5.32 Å². The number of aryl methyl sites for hydroxylation is 1. The minimum absolute atomic E-state index is 0.804. The number of hydrogen-bond donors (Lipinski definition) is 1. The van der Waals surface area contributed by atoms with E-state index in [0.717, 1.165) is 13.1 Å². The summed E-state index contributed by atoms with van der Waals surface area (Å²) in [5.41, 5.74) is 3.69. The highest BCUT2D eigenvalue weighted by Crippen LogP contribution is 2.17. The zero-order valence-electron chi connectivity index (χ0n) is 11.2. The Balaban J connectivity index is 2.04. The Morgan fingerprint density at radius 2 is 2.06 bits per heavy atom. The van der Waals surface area contributed by atoms with E-state index in [0.29, 0.717) is 0 Å². The number of benzene rings is 1. The molecule has 0 saturated carbocycles. The van der Waals surface area contributed by atoms with Gasteiger partial charge in [-0.2, -0.15) is 5.10 Å². The molecule has 0 atom stereocenters. The van der Waals surface area contributed by atoms with Crippen LogP contribution in [0.2, 0.25) is 0 Å². The van der Waals surface area contributed by atoms with Gasteiger partial charge in [-0.25, -0.2) is 0 Å². The van der Waals surface area contributed by atoms with Gasteiger partial charge in [0.2, 0.25) is 0 Å². The van der Waals surface area contributed by atoms with Crippen LogP contribution >= 0.6 is 0 Å². The SMILES string of the molecule is CN(C)Cc1ccccc1NCc1cnn(C)c1. The summed E-state index contributed by atoms with van der Waals surface area (Å²) in [5, 5.41) is 7.64. The second-order valence-electron chi connectivity index (χ2n) is 4.77. The number of para-hydroxylation sites is 1. The standard InChI is InChI=1S/C14H20N4/c1-17(2)11-13-6-4-5-7-14(13)15-8-12-9-16-18(3)10-12/h4-7,9-10,15H,8,11H2,1-3H3. The van der Waals surface area contributed by atoms with Crippen molar-refractivity contribution in [1.29, 1.82) is 0 Å². The molecule has 0 aliphatic rings. The second kappa shape index (κ2) is 5.69. The first-order valence-corrected chi connectivity index (χ1v) is 6.09. The van der Waals surface area contributed by atoms with Crippen LogP contribution in [0.25, 0.3) is 0 Å². The van der Waals surface area contributed by atoms with Crippen molar-refractivity contribution in [2.45, 2.75) is 13.1 Å². The van der Waals surface area contributed by atoms with Gasteiger partial charge in [0.1, 0.15) is 0 Å². The molecule has 96 valence electrons. The molecular formula is C14H20N4. The Morgan fingerprint density at radius 3 is 2.72 bits per heavy atom. The lowest BCUT2D eigenvalue weighted by Gasteiger charge is -2.15. The van der Waals surface area contributed by atoms with Crippen LogP contribution in [0, 0.1) is 0 Å². The molecule has 1 heterocycles. The van der Waals surface area contributed by atoms with Gasteiger partial charge in [0, 0.05) is 37.6 Å². The quantitative estimate of drug-likeness (QED) is 0.874. The summed E-state index contributed by atoms with van der Waals surface area (Å²) < 4.78 is 1.82. The summed E-state index contributed by atoms with van der Waals surface area (Å²) in [6.45, 7) is 1.74. The first kappa shape index (κ1) is 12.6. The molecule has 0 unspecified atom stereocenters. The summed E-state index contributed by atoms with van der Waals surface area (Å²) >= 11 is 0. The Kier molecular flexibility index (Phi) is 3.99. The molecule has 4 heteroatoms. The Labute approximate surface area is 108 Å². The van der Waals surface area contributed by atoms with Gasteiger partial charge in [0.05, 0.1) is 6.20 Å². The zero-order chi connectivity index (χ0) is 13.0. The number of rotatable bonds is 5. The van der Waals surface area contributed by atoms with E-state index in [1.54, 1.807) is 0 Å². The van der Waals surface area contributed by atoms with Gasteiger partial charge in [0.25, 0.3) is 0 Å². The Morgan fingerprint density at radius 1 is 1.28 bits per heavy atom. The summed E-state index contributed by atoms with van der Waals surface area (Å²) in [4.78, 5) is 2.17. The molecule has 0 amide bonds. The molecule has 18 heavy (non-hydrogen) atoms. The van der Waals surface area contributed by atoms with Crippen LogP contribution in [0.3, 0.4) is 0 Å². The minimum Gasteiger partial charge on any atom is -0.381 e. The van der Waals surface area contributed by atoms with Crippen LogP contribution in [-0.2, 0) is 20.1 Å². The van der Waals surface area contributed by atoms with Crippen molar-refractivity contribution < 1.29 is 0 Å². The average Bonchev–Trinajstić information content (AvgIpc) is 2.73. The maximum atomic E-state index is 4.17. The lowest BCUT2D eigenvalue weighted by Crippen LogP contribution is -2.12. The van der Waals surface area contributed by atoms with E-state index in [1.807, 2.05) is 24.1 Å². The third-order valence-electron chi connectivity index (χ3n) is 2.75. The highest BCUT2D eigenvalue weighted by Gasteiger charge is 2.03. The van der Waals surface area contributed by atoms with Crippen molar-refractivity contribution in [3.63, 3.8) is 0 Å². The second-order valence-corrected chi connectivity index (χ2v) is 4.77. The lowest BCUT2D eigenvalue weighted by molar-refractivity contribution is 0.403. The molecule has 0 aliphatic carbocycles. The number of nitrogens with zero attached hydrogens (tertiary/aromatic N) is 3. The predicted molar refractivity (Wildman–Crippen MR) is 74.4 cm³/mol. The van der Waals surface area contributed by atoms with Gasteiger partial charge in [-0.15, -0.1) is 0 Å². The molecule has 2 rings (SSSR count). The van der Waals surface area contributed by atoms with E-state index in [9.17, 15) is 0 Å². The van der Waals surface area contributed by atoms with Crippen molar-refractivity contribution >= 4 is 5.69 Å². The van der Waals surface area contributed by atoms with E-state index in [1.165, 1.54) is 16.8 Å². The topological polar surface area (TPSA) is 33.1 Å². The van der Waals surface area contributed by atoms with E-state index >= 15 is 0 Å². The number of hydrogen-bond acceptors (Lipinski definition) is 3. The molecule has 1 aromatic carbocycles. The van der Waals surface area contributed by atoms with Gasteiger partial charge >= 0.3 is 0 Å². The summed E-state index contributed by atoms with van der Waals surface area (Å²) in [6, 6.07) is 8.42. The maximum Gasteiger partial charge on any atom is 0.0539 e. The highest BCUT2D eigenvalue weighted by atomic mass is 15.2. The minimum atomic E-state index is 0.804. The fourth-order valence-electron chi connectivity index (χ4n) is 1.93. The van der Waals surface area contributed by atoms with E-state index in [2.05, 4.69) is 53.7 Å². The van der Waals surface area contributed by atoms with Crippen molar-refractivity contribution in [2.24, 2.45) is 7.05 Å². The molecule has 0 aliphatic heterocycles. The van der Waals surface area contributed by atoms with Crippen LogP contribution in [-0.4, -0.2) is 28.8 Å². The lowest BCUT2D eigenvalue weighted by atomic mass is 10.1. The van der Waals surface area contributed by atoms with Crippen LogP contribution in [0.15, 0.2) is 36.7 Å². The van der Waals surface area contributed by atoms with Crippen molar-refractivity contribution in [1.82, 2.24) is 14.7 Å². The Bertz CT molecular complexity index is 502. The molecule has 1 aromatic heterocycles. The first-order chi connectivity index (χ1) is 8.65. The maximum absolute atomic E-state index is 4.17. The third kappa shape index (κ3) is 3.34. The smallest absolute Gasteiger partial charge is 0.0539 e. The van der Waals surface area contributed by atoms with Crippen LogP contribution in [0.1, 0.15) is 11.1 Å². The van der Waals surface area contributed by atoms with E-state index < -0.39 is 0 Å². The number of aromatic nitrogens is 2. The highest BCUT2D eigenvalue weighted by molar-refractivity contribution is 5.51. The summed E-state index contributed by atoms with van der Waals surface area (Å²) in [6.07, 6.45) is 3.92. The van der Waals surface area contributed by atoms with E-state index in [-0.39, 0.29) is 0 Å². The zero-order valence-corrected chi connectivity index (χ0v) is 11.2. The largest absolute Gasteiger partial charge is 0.381 e. The molecule has 0 spiro atoms. The van der Waals surface area contributed by atoms with Gasteiger partial charge < -0.3 is 10.2 Å². The van der Waals surface area contributed by atoms with Gasteiger partial charge in [-0.05, 0) is 25.7 Å². The third-order valence-corrected chi connectivity index (χ3v) is 2.75. The fourth-order valence-corrected chi connectivity index (χ4v) is 1.93. The number of nitrogens with one attached hydrogen (secondary N) is 1. The summed E-state index contributed by atoms with van der Waals surface area (Å²) in [5.74, 6) is 0. The van der Waals surface area contributed by atoms with Gasteiger partial charge in [-0.3, -0.25) is 4.68 Å². The van der Waals surface area contributed by atoms with Crippen molar-refractivity contribution in [3.8, 4) is 0 Å². The van der Waals surface area contributed by atoms with Gasteiger partial charge in [-0.1, -0.05) is 18.2 Å². The Hall–Kier alpha value is -1.81. The van der Waals surface area contributed by atoms with Crippen LogP contribution in [0.5, 0.6) is 0 Å². The molecule has 4 nitrogen and oxygen atoms in total. The molecule has 0 fully saturated rings. The van der Waals surface area contributed by atoms with E-state index in [4.69, 9.17) is 0 Å². The molecule has 0 bridgehead atoms. The molecular weight excluding hydrogens is 224 g/mol. The monoisotopic (exact) mass is 244 g/mol. The average molecular weight is 244 g/mol. The fraction of sp³-hybridized carbons (Fsp3) is 0.357. The van der Waals surface area contributed by atoms with Crippen LogP contribution in [0.4, 0.5) is 5.69 Å². The predicted octanol–water partition coefficient (Wildman–Crippen LogP) is 2.09. The van der Waals surface area contributed by atoms with Crippen molar-refractivity contribution in [3.05, 3.63) is 47.8 Å². The molecule has 0 radical (unpaired) electrons. The number of anilines is 1. The first-order valence-electron chi connectivity index (χ1n) is 6.09. The molecule has 1 N–H and O–H groups in total. The van der Waals surface area contributed by atoms with Crippen molar-refractivity contribution in [2.75, 3.05) is 19.4 Å². The summed E-state index contributed by atoms with van der Waals surface area (Å²) in [7, 11) is 6.10.